The standard InChI is InChI=1S/C11H10N2O3/c1-6-9(11(12)15)10(14)7(5-13-6)8-3-2-4-16-8/h2-5,9H,1H3,(H2,12,15). The van der Waals surface area contributed by atoms with Crippen LogP contribution in [0, 0.1) is 5.92 Å². The van der Waals surface area contributed by atoms with Gasteiger partial charge in [-0.15, -0.1) is 0 Å². The van der Waals surface area contributed by atoms with E-state index >= 15 is 0 Å². The Morgan fingerprint density at radius 2 is 2.31 bits per heavy atom. The van der Waals surface area contributed by atoms with Gasteiger partial charge < -0.3 is 10.2 Å². The topological polar surface area (TPSA) is 85.7 Å². The van der Waals surface area contributed by atoms with Crippen molar-refractivity contribution in [1.82, 2.24) is 0 Å². The fraction of sp³-hybridized carbons (Fsp3) is 0.182. The van der Waals surface area contributed by atoms with Gasteiger partial charge in [0.2, 0.25) is 5.91 Å². The van der Waals surface area contributed by atoms with E-state index in [4.69, 9.17) is 10.2 Å². The van der Waals surface area contributed by atoms with Crippen LogP contribution in [0.25, 0.3) is 5.57 Å². The van der Waals surface area contributed by atoms with Gasteiger partial charge in [-0.2, -0.15) is 0 Å². The molecule has 5 nitrogen and oxygen atoms in total. The third-order valence-corrected chi connectivity index (χ3v) is 2.41. The third-order valence-electron chi connectivity index (χ3n) is 2.41. The first kappa shape index (κ1) is 10.4. The highest BCUT2D eigenvalue weighted by atomic mass is 16.3. The number of furan rings is 1. The fourth-order valence-corrected chi connectivity index (χ4v) is 1.60. The summed E-state index contributed by atoms with van der Waals surface area (Å²) < 4.78 is 5.10. The summed E-state index contributed by atoms with van der Waals surface area (Å²) in [5, 5.41) is 0. The number of allylic oxidation sites excluding steroid dienone is 1. The molecular weight excluding hydrogens is 208 g/mol. The van der Waals surface area contributed by atoms with Gasteiger partial charge in [0.1, 0.15) is 11.7 Å². The molecule has 0 fully saturated rings. The van der Waals surface area contributed by atoms with Gasteiger partial charge in [-0.25, -0.2) is 0 Å². The van der Waals surface area contributed by atoms with E-state index in [-0.39, 0.29) is 11.4 Å². The normalized spacial score (nSPS) is 20.3. The van der Waals surface area contributed by atoms with Gasteiger partial charge in [0, 0.05) is 11.9 Å². The maximum absolute atomic E-state index is 12.0. The Morgan fingerprint density at radius 1 is 1.56 bits per heavy atom. The number of hydrogen-bond donors (Lipinski definition) is 1. The lowest BCUT2D eigenvalue weighted by Gasteiger charge is -2.16. The number of nitrogens with two attached hydrogens (primary N) is 1. The molecule has 0 bridgehead atoms. The number of carbonyl (C=O) groups excluding carboxylic acids is 2. The van der Waals surface area contributed by atoms with E-state index in [1.165, 1.54) is 12.5 Å². The highest BCUT2D eigenvalue weighted by molar-refractivity contribution is 6.36. The predicted octanol–water partition coefficient (Wildman–Crippen LogP) is 0.766. The van der Waals surface area contributed by atoms with Gasteiger partial charge in [0.25, 0.3) is 0 Å². The summed E-state index contributed by atoms with van der Waals surface area (Å²) >= 11 is 0. The minimum Gasteiger partial charge on any atom is -0.464 e. The zero-order valence-corrected chi connectivity index (χ0v) is 8.64. The summed E-state index contributed by atoms with van der Waals surface area (Å²) in [4.78, 5) is 27.1. The second-order valence-electron chi connectivity index (χ2n) is 3.49. The Hall–Kier alpha value is -2.17. The molecule has 0 aromatic carbocycles. The van der Waals surface area contributed by atoms with Gasteiger partial charge >= 0.3 is 0 Å². The summed E-state index contributed by atoms with van der Waals surface area (Å²) in [5.74, 6) is -1.64. The molecule has 5 heteroatoms. The van der Waals surface area contributed by atoms with Gasteiger partial charge in [-0.3, -0.25) is 14.6 Å². The van der Waals surface area contributed by atoms with Crippen molar-refractivity contribution in [2.45, 2.75) is 6.92 Å². The lowest BCUT2D eigenvalue weighted by molar-refractivity contribution is -0.126. The Balaban J connectivity index is 2.43. The Morgan fingerprint density at radius 3 is 2.88 bits per heavy atom. The average Bonchev–Trinajstić information content (AvgIpc) is 2.70. The molecule has 1 aromatic rings. The van der Waals surface area contributed by atoms with Crippen molar-refractivity contribution in [3.05, 3.63) is 30.4 Å². The van der Waals surface area contributed by atoms with E-state index in [1.54, 1.807) is 19.1 Å². The Labute approximate surface area is 91.6 Å². The van der Waals surface area contributed by atoms with Crippen LogP contribution in [0.2, 0.25) is 0 Å². The summed E-state index contributed by atoms with van der Waals surface area (Å²) in [6.45, 7) is 1.60. The van der Waals surface area contributed by atoms with Crippen LogP contribution in [0.1, 0.15) is 12.7 Å². The van der Waals surface area contributed by atoms with Gasteiger partial charge in [-0.05, 0) is 19.1 Å². The molecule has 0 spiro atoms. The maximum Gasteiger partial charge on any atom is 0.234 e. The molecule has 0 saturated carbocycles. The Kier molecular flexibility index (Phi) is 2.44. The number of rotatable bonds is 2. The second kappa shape index (κ2) is 3.77. The van der Waals surface area contributed by atoms with E-state index in [0.717, 1.165) is 0 Å². The van der Waals surface area contributed by atoms with E-state index < -0.39 is 11.8 Å². The predicted molar refractivity (Wildman–Crippen MR) is 57.5 cm³/mol. The maximum atomic E-state index is 12.0. The molecule has 0 aliphatic carbocycles. The number of Topliss-reactive ketones (excluding diaryl/α,β-unsaturated/α-hetero) is 1. The summed E-state index contributed by atoms with van der Waals surface area (Å²) in [7, 11) is 0. The van der Waals surface area contributed by atoms with Crippen molar-refractivity contribution in [3.63, 3.8) is 0 Å². The van der Waals surface area contributed by atoms with Crippen molar-refractivity contribution >= 4 is 23.0 Å². The lowest BCUT2D eigenvalue weighted by atomic mass is 9.90. The molecule has 1 aliphatic rings. The van der Waals surface area contributed by atoms with Crippen molar-refractivity contribution in [2.24, 2.45) is 16.6 Å². The molecule has 1 amide bonds. The van der Waals surface area contributed by atoms with Crippen LogP contribution in [-0.4, -0.2) is 17.4 Å². The average molecular weight is 218 g/mol. The minimum absolute atomic E-state index is 0.277. The largest absolute Gasteiger partial charge is 0.464 e. The number of carbonyl (C=O) groups is 2. The molecule has 0 radical (unpaired) electrons. The van der Waals surface area contributed by atoms with E-state index in [2.05, 4.69) is 4.99 Å². The zero-order valence-electron chi connectivity index (χ0n) is 8.64. The molecule has 1 atom stereocenters. The summed E-state index contributed by atoms with van der Waals surface area (Å²) in [6.07, 6.45) is 2.85. The minimum atomic E-state index is -0.981. The molecule has 82 valence electrons. The SMILES string of the molecule is CC1=NC=C(c2ccco2)C(=O)C1C(N)=O. The summed E-state index contributed by atoms with van der Waals surface area (Å²) in [5.41, 5.74) is 5.85. The van der Waals surface area contributed by atoms with Crippen LogP contribution in [0.15, 0.2) is 34.0 Å². The van der Waals surface area contributed by atoms with Crippen LogP contribution in [0.4, 0.5) is 0 Å². The van der Waals surface area contributed by atoms with Gasteiger partial charge in [-0.1, -0.05) is 0 Å². The molecule has 1 aromatic heterocycles. The first-order valence-electron chi connectivity index (χ1n) is 4.73. The van der Waals surface area contributed by atoms with Crippen molar-refractivity contribution < 1.29 is 14.0 Å². The first-order chi connectivity index (χ1) is 7.61. The highest BCUT2D eigenvalue weighted by Gasteiger charge is 2.33. The van der Waals surface area contributed by atoms with Gasteiger partial charge in [0.05, 0.1) is 11.8 Å². The molecule has 1 unspecified atom stereocenters. The number of primary amides is 1. The Bertz CT molecular complexity index is 497. The number of amides is 1. The van der Waals surface area contributed by atoms with E-state index in [0.29, 0.717) is 11.5 Å². The van der Waals surface area contributed by atoms with Crippen LogP contribution in [0.3, 0.4) is 0 Å². The van der Waals surface area contributed by atoms with Crippen LogP contribution >= 0.6 is 0 Å². The molecule has 2 heterocycles. The van der Waals surface area contributed by atoms with Crippen LogP contribution in [-0.2, 0) is 9.59 Å². The van der Waals surface area contributed by atoms with Crippen molar-refractivity contribution in [2.75, 3.05) is 0 Å². The fourth-order valence-electron chi connectivity index (χ4n) is 1.60. The number of nitrogens with zero attached hydrogens (tertiary/aromatic N) is 1. The van der Waals surface area contributed by atoms with Crippen LogP contribution in [0.5, 0.6) is 0 Å². The smallest absolute Gasteiger partial charge is 0.234 e. The number of ketones is 1. The molecule has 1 aliphatic heterocycles. The zero-order chi connectivity index (χ0) is 11.7. The van der Waals surface area contributed by atoms with Crippen molar-refractivity contribution in [3.8, 4) is 0 Å². The number of hydrogen-bond acceptors (Lipinski definition) is 4. The molecule has 16 heavy (non-hydrogen) atoms. The molecule has 2 rings (SSSR count). The van der Waals surface area contributed by atoms with Crippen LogP contribution < -0.4 is 5.73 Å². The molecular formula is C11H10N2O3. The first-order valence-corrected chi connectivity index (χ1v) is 4.73. The molecule has 2 N–H and O–H groups in total. The van der Waals surface area contributed by atoms with E-state index in [1.807, 2.05) is 0 Å². The third kappa shape index (κ3) is 1.56. The molecule has 0 saturated heterocycles. The summed E-state index contributed by atoms with van der Waals surface area (Å²) in [6, 6.07) is 3.30. The number of aliphatic imine (C=N–C) groups is 1. The van der Waals surface area contributed by atoms with E-state index in [9.17, 15) is 9.59 Å². The monoisotopic (exact) mass is 218 g/mol. The second-order valence-corrected chi connectivity index (χ2v) is 3.49. The quantitative estimate of drug-likeness (QED) is 0.743. The highest BCUT2D eigenvalue weighted by Crippen LogP contribution is 2.24. The lowest BCUT2D eigenvalue weighted by Crippen LogP contribution is -2.37. The van der Waals surface area contributed by atoms with Gasteiger partial charge in [0.15, 0.2) is 5.78 Å². The van der Waals surface area contributed by atoms with Crippen molar-refractivity contribution in [1.29, 1.82) is 0 Å².